The second-order valence-electron chi connectivity index (χ2n) is 5.13. The molecule has 0 unspecified atom stereocenters. The summed E-state index contributed by atoms with van der Waals surface area (Å²) in [6.45, 7) is 0.613. The van der Waals surface area contributed by atoms with Crippen LogP contribution in [0.1, 0.15) is 5.56 Å². The zero-order valence-corrected chi connectivity index (χ0v) is 14.6. The Bertz CT molecular complexity index is 826. The van der Waals surface area contributed by atoms with Crippen LogP contribution in [0.25, 0.3) is 11.3 Å². The standard InChI is InChI=1S/C17H14Cl3N3/c1-23-16(12-3-5-13(18)6-4-12)10-22-17(23)21-9-11-2-7-14(19)15(20)8-11/h2-8,10H,9H2,1H3,(H,21,22). The van der Waals surface area contributed by atoms with Crippen molar-refractivity contribution in [3.05, 3.63) is 69.3 Å². The lowest BCUT2D eigenvalue weighted by atomic mass is 10.2. The lowest BCUT2D eigenvalue weighted by Crippen LogP contribution is -2.05. The minimum absolute atomic E-state index is 0.549. The predicted octanol–water partition coefficient (Wildman–Crippen LogP) is 5.66. The molecule has 0 saturated heterocycles. The van der Waals surface area contributed by atoms with Crippen molar-refractivity contribution in [1.82, 2.24) is 9.55 Å². The minimum Gasteiger partial charge on any atom is -0.352 e. The molecular formula is C17H14Cl3N3. The Labute approximate surface area is 149 Å². The summed E-state index contributed by atoms with van der Waals surface area (Å²) in [5.41, 5.74) is 3.11. The molecule has 0 saturated carbocycles. The van der Waals surface area contributed by atoms with Gasteiger partial charge < -0.3 is 9.88 Å². The number of benzene rings is 2. The SMILES string of the molecule is Cn1c(-c2ccc(Cl)cc2)cnc1NCc1ccc(Cl)c(Cl)c1. The molecule has 0 aliphatic rings. The molecule has 1 N–H and O–H groups in total. The van der Waals surface area contributed by atoms with E-state index in [0.29, 0.717) is 21.6 Å². The molecule has 3 rings (SSSR count). The highest BCUT2D eigenvalue weighted by Gasteiger charge is 2.08. The molecule has 3 nitrogen and oxygen atoms in total. The largest absolute Gasteiger partial charge is 0.352 e. The van der Waals surface area contributed by atoms with Gasteiger partial charge in [0.1, 0.15) is 0 Å². The zero-order valence-electron chi connectivity index (χ0n) is 12.4. The third-order valence-electron chi connectivity index (χ3n) is 3.56. The quantitative estimate of drug-likeness (QED) is 0.645. The number of hydrogen-bond acceptors (Lipinski definition) is 2. The molecule has 6 heteroatoms. The van der Waals surface area contributed by atoms with Gasteiger partial charge in [-0.1, -0.05) is 53.0 Å². The second kappa shape index (κ2) is 6.83. The minimum atomic E-state index is 0.549. The number of hydrogen-bond donors (Lipinski definition) is 1. The van der Waals surface area contributed by atoms with Crippen LogP contribution < -0.4 is 5.32 Å². The Kier molecular flexibility index (Phi) is 4.81. The van der Waals surface area contributed by atoms with Crippen LogP contribution in [0.3, 0.4) is 0 Å². The summed E-state index contributed by atoms with van der Waals surface area (Å²) < 4.78 is 2.00. The summed E-state index contributed by atoms with van der Waals surface area (Å²) in [5, 5.41) is 5.12. The van der Waals surface area contributed by atoms with Gasteiger partial charge in [0.05, 0.1) is 21.9 Å². The molecule has 0 aliphatic heterocycles. The van der Waals surface area contributed by atoms with Gasteiger partial charge in [0.2, 0.25) is 5.95 Å². The molecular weight excluding hydrogens is 353 g/mol. The van der Waals surface area contributed by atoms with Crippen LogP contribution in [0.4, 0.5) is 5.95 Å². The van der Waals surface area contributed by atoms with Gasteiger partial charge in [0.25, 0.3) is 0 Å². The highest BCUT2D eigenvalue weighted by Crippen LogP contribution is 2.25. The first-order valence-corrected chi connectivity index (χ1v) is 8.13. The van der Waals surface area contributed by atoms with Gasteiger partial charge >= 0.3 is 0 Å². The number of halogens is 3. The molecule has 0 radical (unpaired) electrons. The number of nitrogens with one attached hydrogen (secondary N) is 1. The van der Waals surface area contributed by atoms with E-state index in [-0.39, 0.29) is 0 Å². The smallest absolute Gasteiger partial charge is 0.203 e. The lowest BCUT2D eigenvalue weighted by Gasteiger charge is -2.09. The summed E-state index contributed by atoms with van der Waals surface area (Å²) in [7, 11) is 1.97. The van der Waals surface area contributed by atoms with E-state index in [1.54, 1.807) is 6.07 Å². The maximum Gasteiger partial charge on any atom is 0.203 e. The molecule has 0 atom stereocenters. The molecule has 0 spiro atoms. The fourth-order valence-electron chi connectivity index (χ4n) is 2.29. The maximum atomic E-state index is 6.03. The average molecular weight is 367 g/mol. The van der Waals surface area contributed by atoms with Gasteiger partial charge in [0.15, 0.2) is 0 Å². The first kappa shape index (κ1) is 16.2. The summed E-state index contributed by atoms with van der Waals surface area (Å²) >= 11 is 17.9. The van der Waals surface area contributed by atoms with Crippen molar-refractivity contribution < 1.29 is 0 Å². The molecule has 118 valence electrons. The molecule has 1 heterocycles. The van der Waals surface area contributed by atoms with Gasteiger partial charge in [0, 0.05) is 18.6 Å². The van der Waals surface area contributed by atoms with E-state index >= 15 is 0 Å². The summed E-state index contributed by atoms with van der Waals surface area (Å²) in [5.74, 6) is 0.779. The van der Waals surface area contributed by atoms with E-state index < -0.39 is 0 Å². The Morgan fingerprint density at radius 2 is 1.74 bits per heavy atom. The highest BCUT2D eigenvalue weighted by atomic mass is 35.5. The molecule has 0 bridgehead atoms. The van der Waals surface area contributed by atoms with Gasteiger partial charge in [-0.15, -0.1) is 0 Å². The first-order chi connectivity index (χ1) is 11.0. The van der Waals surface area contributed by atoms with E-state index in [9.17, 15) is 0 Å². The van der Waals surface area contributed by atoms with Crippen LogP contribution in [-0.4, -0.2) is 9.55 Å². The average Bonchev–Trinajstić information content (AvgIpc) is 2.90. The number of anilines is 1. The maximum absolute atomic E-state index is 6.03. The molecule has 0 aliphatic carbocycles. The molecule has 23 heavy (non-hydrogen) atoms. The van der Waals surface area contributed by atoms with Gasteiger partial charge in [-0.3, -0.25) is 0 Å². The number of imidazole rings is 1. The zero-order chi connectivity index (χ0) is 16.4. The van der Waals surface area contributed by atoms with E-state index in [2.05, 4.69) is 10.3 Å². The van der Waals surface area contributed by atoms with Crippen LogP contribution in [0.2, 0.25) is 15.1 Å². The van der Waals surface area contributed by atoms with Crippen molar-refractivity contribution in [2.45, 2.75) is 6.54 Å². The summed E-state index contributed by atoms with van der Waals surface area (Å²) in [6, 6.07) is 13.3. The van der Waals surface area contributed by atoms with E-state index in [1.807, 2.05) is 54.2 Å². The summed E-state index contributed by atoms with van der Waals surface area (Å²) in [6.07, 6.45) is 1.83. The van der Waals surface area contributed by atoms with Crippen LogP contribution in [0.15, 0.2) is 48.7 Å². The summed E-state index contributed by atoms with van der Waals surface area (Å²) in [4.78, 5) is 4.43. The molecule has 0 fully saturated rings. The normalized spacial score (nSPS) is 10.8. The van der Waals surface area contributed by atoms with Crippen molar-refractivity contribution in [2.75, 3.05) is 5.32 Å². The molecule has 3 aromatic rings. The van der Waals surface area contributed by atoms with Crippen molar-refractivity contribution >= 4 is 40.8 Å². The predicted molar refractivity (Wildman–Crippen MR) is 97.4 cm³/mol. The van der Waals surface area contributed by atoms with Crippen molar-refractivity contribution in [2.24, 2.45) is 7.05 Å². The Balaban J connectivity index is 1.76. The monoisotopic (exact) mass is 365 g/mol. The third-order valence-corrected chi connectivity index (χ3v) is 4.55. The number of nitrogens with zero attached hydrogens (tertiary/aromatic N) is 2. The molecule has 1 aromatic heterocycles. The fourth-order valence-corrected chi connectivity index (χ4v) is 2.74. The van der Waals surface area contributed by atoms with E-state index in [1.165, 1.54) is 0 Å². The van der Waals surface area contributed by atoms with Crippen LogP contribution in [0, 0.1) is 0 Å². The van der Waals surface area contributed by atoms with Crippen LogP contribution >= 0.6 is 34.8 Å². The van der Waals surface area contributed by atoms with Crippen LogP contribution in [-0.2, 0) is 13.6 Å². The van der Waals surface area contributed by atoms with Gasteiger partial charge in [-0.05, 0) is 35.4 Å². The van der Waals surface area contributed by atoms with Crippen LogP contribution in [0.5, 0.6) is 0 Å². The lowest BCUT2D eigenvalue weighted by molar-refractivity contribution is 0.907. The van der Waals surface area contributed by atoms with Crippen molar-refractivity contribution in [3.8, 4) is 11.3 Å². The Morgan fingerprint density at radius 3 is 2.43 bits per heavy atom. The van der Waals surface area contributed by atoms with E-state index in [4.69, 9.17) is 34.8 Å². The fraction of sp³-hybridized carbons (Fsp3) is 0.118. The molecule has 0 amide bonds. The van der Waals surface area contributed by atoms with Crippen molar-refractivity contribution in [3.63, 3.8) is 0 Å². The second-order valence-corrected chi connectivity index (χ2v) is 6.39. The topological polar surface area (TPSA) is 29.9 Å². The number of aromatic nitrogens is 2. The highest BCUT2D eigenvalue weighted by molar-refractivity contribution is 6.42. The van der Waals surface area contributed by atoms with Crippen molar-refractivity contribution in [1.29, 1.82) is 0 Å². The van der Waals surface area contributed by atoms with Gasteiger partial charge in [-0.2, -0.15) is 0 Å². The first-order valence-electron chi connectivity index (χ1n) is 7.00. The Hall–Kier alpha value is -1.68. The third kappa shape index (κ3) is 3.63. The van der Waals surface area contributed by atoms with E-state index in [0.717, 1.165) is 22.8 Å². The van der Waals surface area contributed by atoms with Gasteiger partial charge in [-0.25, -0.2) is 4.98 Å². The molecule has 2 aromatic carbocycles. The Morgan fingerprint density at radius 1 is 1.00 bits per heavy atom. The number of rotatable bonds is 4.